The predicted octanol–water partition coefficient (Wildman–Crippen LogP) is 3.27. The Kier molecular flexibility index (Phi) is 8.43. The number of Topliss-reactive ketones (excluding diaryl/α,β-unsaturated/α-hetero) is 1. The highest BCUT2D eigenvalue weighted by Gasteiger charge is 2.28. The average Bonchev–Trinajstić information content (AvgIpc) is 2.82. The van der Waals surface area contributed by atoms with Gasteiger partial charge in [-0.25, -0.2) is 4.79 Å². The average molecular weight is 498 g/mol. The fourth-order valence-electron chi connectivity index (χ4n) is 3.64. The highest BCUT2D eigenvalue weighted by Crippen LogP contribution is 2.34. The summed E-state index contributed by atoms with van der Waals surface area (Å²) in [6.07, 6.45) is 0. The summed E-state index contributed by atoms with van der Waals surface area (Å²) in [6, 6.07) is 11.1. The maximum Gasteiger partial charge on any atom is 0.338 e. The maximum absolute atomic E-state index is 12.4. The monoisotopic (exact) mass is 497 g/mol. The Labute approximate surface area is 208 Å². The van der Waals surface area contributed by atoms with Crippen LogP contribution in [0, 0.1) is 0 Å². The first-order valence-electron chi connectivity index (χ1n) is 10.9. The second kappa shape index (κ2) is 11.5. The maximum atomic E-state index is 12.4. The third-order valence-electron chi connectivity index (χ3n) is 5.21. The van der Waals surface area contributed by atoms with Crippen molar-refractivity contribution in [3.63, 3.8) is 0 Å². The molecular formula is C25H27N3O6S. The van der Waals surface area contributed by atoms with Crippen LogP contribution in [0.25, 0.3) is 0 Å². The van der Waals surface area contributed by atoms with Gasteiger partial charge < -0.3 is 30.2 Å². The van der Waals surface area contributed by atoms with Gasteiger partial charge in [0.15, 0.2) is 29.0 Å². The molecule has 0 spiro atoms. The lowest BCUT2D eigenvalue weighted by atomic mass is 9.93. The summed E-state index contributed by atoms with van der Waals surface area (Å²) < 4.78 is 16.1. The van der Waals surface area contributed by atoms with Crippen molar-refractivity contribution in [2.24, 2.45) is 0 Å². The summed E-state index contributed by atoms with van der Waals surface area (Å²) in [5.41, 5.74) is 2.93. The van der Waals surface area contributed by atoms with Gasteiger partial charge in [-0.05, 0) is 75.0 Å². The van der Waals surface area contributed by atoms with Gasteiger partial charge in [-0.1, -0.05) is 6.07 Å². The minimum absolute atomic E-state index is 0.0822. The van der Waals surface area contributed by atoms with E-state index >= 15 is 0 Å². The van der Waals surface area contributed by atoms with E-state index < -0.39 is 12.0 Å². The minimum atomic E-state index is -0.440. The third-order valence-corrected chi connectivity index (χ3v) is 5.43. The van der Waals surface area contributed by atoms with E-state index in [0.29, 0.717) is 39.1 Å². The molecule has 3 rings (SSSR count). The number of esters is 1. The number of ether oxygens (including phenoxy) is 3. The first-order chi connectivity index (χ1) is 16.7. The molecule has 2 aromatic carbocycles. The molecule has 35 heavy (non-hydrogen) atoms. The molecule has 0 radical (unpaired) electrons. The summed E-state index contributed by atoms with van der Waals surface area (Å²) in [7, 11) is 1.49. The topological polar surface area (TPSA) is 115 Å². The summed E-state index contributed by atoms with van der Waals surface area (Å²) in [6.45, 7) is 5.06. The number of nitrogens with one attached hydrogen (secondary N) is 3. The number of ketones is 1. The number of anilines is 1. The molecule has 2 aromatic rings. The normalized spacial score (nSPS) is 15.0. The molecule has 0 saturated carbocycles. The molecule has 0 unspecified atom stereocenters. The van der Waals surface area contributed by atoms with E-state index in [1.807, 2.05) is 0 Å². The van der Waals surface area contributed by atoms with Crippen molar-refractivity contribution in [1.82, 2.24) is 10.6 Å². The van der Waals surface area contributed by atoms with Crippen LogP contribution >= 0.6 is 12.2 Å². The number of thiocarbonyl (C=S) groups is 1. The number of hydrogen-bond acceptors (Lipinski definition) is 7. The zero-order valence-corrected chi connectivity index (χ0v) is 20.7. The van der Waals surface area contributed by atoms with Crippen molar-refractivity contribution in [1.29, 1.82) is 0 Å². The molecule has 0 saturated heterocycles. The third kappa shape index (κ3) is 6.36. The van der Waals surface area contributed by atoms with Gasteiger partial charge in [0.05, 0.1) is 25.3 Å². The largest absolute Gasteiger partial charge is 0.493 e. The number of hydrogen-bond donors (Lipinski definition) is 3. The Bertz CT molecular complexity index is 1180. The van der Waals surface area contributed by atoms with Crippen LogP contribution in [0.1, 0.15) is 42.7 Å². The quantitative estimate of drug-likeness (QED) is 0.355. The van der Waals surface area contributed by atoms with Gasteiger partial charge in [-0.3, -0.25) is 9.59 Å². The van der Waals surface area contributed by atoms with Crippen LogP contribution in [0.3, 0.4) is 0 Å². The molecule has 1 aliphatic rings. The molecule has 0 aliphatic carbocycles. The van der Waals surface area contributed by atoms with Gasteiger partial charge >= 0.3 is 5.97 Å². The lowest BCUT2D eigenvalue weighted by molar-refractivity contribution is -0.118. The van der Waals surface area contributed by atoms with E-state index in [1.54, 1.807) is 56.3 Å². The molecule has 1 atom stereocenters. The van der Waals surface area contributed by atoms with Crippen molar-refractivity contribution in [2.75, 3.05) is 25.6 Å². The van der Waals surface area contributed by atoms with E-state index in [-0.39, 0.29) is 24.9 Å². The molecule has 3 N–H and O–H groups in total. The predicted molar refractivity (Wildman–Crippen MR) is 135 cm³/mol. The van der Waals surface area contributed by atoms with Crippen LogP contribution in [-0.4, -0.2) is 43.1 Å². The van der Waals surface area contributed by atoms with Crippen molar-refractivity contribution in [3.05, 3.63) is 64.9 Å². The van der Waals surface area contributed by atoms with Crippen molar-refractivity contribution in [3.8, 4) is 11.5 Å². The van der Waals surface area contributed by atoms with E-state index in [2.05, 4.69) is 16.0 Å². The molecule has 9 nitrogen and oxygen atoms in total. The van der Waals surface area contributed by atoms with Crippen LogP contribution in [0.15, 0.2) is 53.7 Å². The Balaban J connectivity index is 1.67. The van der Waals surface area contributed by atoms with Gasteiger partial charge in [0.2, 0.25) is 0 Å². The summed E-state index contributed by atoms with van der Waals surface area (Å²) in [5, 5.41) is 9.21. The molecule has 0 aromatic heterocycles. The fourth-order valence-corrected chi connectivity index (χ4v) is 3.91. The van der Waals surface area contributed by atoms with Crippen molar-refractivity contribution in [2.45, 2.75) is 26.8 Å². The van der Waals surface area contributed by atoms with Gasteiger partial charge in [0.1, 0.15) is 0 Å². The molecule has 0 bridgehead atoms. The Morgan fingerprint density at radius 1 is 1.09 bits per heavy atom. The first kappa shape index (κ1) is 25.7. The lowest BCUT2D eigenvalue weighted by Crippen LogP contribution is -2.44. The minimum Gasteiger partial charge on any atom is -0.493 e. The number of amides is 1. The molecule has 1 amide bonds. The van der Waals surface area contributed by atoms with Gasteiger partial charge in [-0.2, -0.15) is 0 Å². The van der Waals surface area contributed by atoms with E-state index in [4.69, 9.17) is 26.4 Å². The Morgan fingerprint density at radius 2 is 1.80 bits per heavy atom. The number of methoxy groups -OCH3 is 1. The number of carbonyl (C=O) groups excluding carboxylic acids is 3. The van der Waals surface area contributed by atoms with Gasteiger partial charge in [-0.15, -0.1) is 0 Å². The summed E-state index contributed by atoms with van der Waals surface area (Å²) >= 11 is 5.25. The molecular weight excluding hydrogens is 470 g/mol. The standard InChI is InChI=1S/C25H27N3O6S/c1-5-33-24(31)16-6-9-18(10-7-16)27-21(30)13-34-19-11-8-17(12-20(19)32-4)23-22(15(3)29)14(2)26-25(35)28-23/h6-12,23H,5,13H2,1-4H3,(H,27,30)(H2,26,28,35)/t23-/m0/s1. The number of benzene rings is 2. The van der Waals surface area contributed by atoms with Crippen molar-refractivity contribution < 1.29 is 28.6 Å². The second-order valence-electron chi connectivity index (χ2n) is 7.67. The highest BCUT2D eigenvalue weighted by atomic mass is 32.1. The van der Waals surface area contributed by atoms with Crippen LogP contribution in [-0.2, 0) is 14.3 Å². The second-order valence-corrected chi connectivity index (χ2v) is 8.08. The first-order valence-corrected chi connectivity index (χ1v) is 11.3. The number of carbonyl (C=O) groups is 3. The smallest absolute Gasteiger partial charge is 0.338 e. The Hall–Kier alpha value is -3.92. The number of rotatable bonds is 9. The summed E-state index contributed by atoms with van der Waals surface area (Å²) in [4.78, 5) is 36.3. The van der Waals surface area contributed by atoms with E-state index in [0.717, 1.165) is 5.56 Å². The SMILES string of the molecule is CCOC(=O)c1ccc(NC(=O)COc2ccc([C@@H]3NC(=S)NC(C)=C3C(C)=O)cc2OC)cc1. The van der Waals surface area contributed by atoms with E-state index in [9.17, 15) is 14.4 Å². The van der Waals surface area contributed by atoms with Gasteiger partial charge in [0.25, 0.3) is 5.91 Å². The molecule has 0 fully saturated rings. The fraction of sp³-hybridized carbons (Fsp3) is 0.280. The number of allylic oxidation sites excluding steroid dienone is 1. The zero-order valence-electron chi connectivity index (χ0n) is 19.9. The summed E-state index contributed by atoms with van der Waals surface area (Å²) in [5.74, 6) is -0.123. The highest BCUT2D eigenvalue weighted by molar-refractivity contribution is 7.80. The lowest BCUT2D eigenvalue weighted by Gasteiger charge is -2.30. The van der Waals surface area contributed by atoms with Crippen LogP contribution in [0.5, 0.6) is 11.5 Å². The van der Waals surface area contributed by atoms with Gasteiger partial charge in [0, 0.05) is 17.0 Å². The zero-order chi connectivity index (χ0) is 25.5. The van der Waals surface area contributed by atoms with E-state index in [1.165, 1.54) is 14.0 Å². The van der Waals surface area contributed by atoms with Crippen LogP contribution < -0.4 is 25.4 Å². The molecule has 1 heterocycles. The molecule has 10 heteroatoms. The van der Waals surface area contributed by atoms with Crippen LogP contribution in [0.2, 0.25) is 0 Å². The molecule has 184 valence electrons. The van der Waals surface area contributed by atoms with Crippen LogP contribution in [0.4, 0.5) is 5.69 Å². The van der Waals surface area contributed by atoms with Crippen molar-refractivity contribution >= 4 is 40.7 Å². The Morgan fingerprint density at radius 3 is 2.43 bits per heavy atom. The molecule has 1 aliphatic heterocycles.